The number of aromatic nitrogens is 1. The summed E-state index contributed by atoms with van der Waals surface area (Å²) < 4.78 is 30.4. The first kappa shape index (κ1) is 19.6. The highest BCUT2D eigenvalue weighted by Gasteiger charge is 2.21. The molecule has 0 atom stereocenters. The van der Waals surface area contributed by atoms with Gasteiger partial charge < -0.3 is 0 Å². The lowest BCUT2D eigenvalue weighted by Crippen LogP contribution is -2.13. The van der Waals surface area contributed by atoms with Crippen LogP contribution in [0.5, 0.6) is 0 Å². The van der Waals surface area contributed by atoms with Crippen molar-refractivity contribution in [2.45, 2.75) is 11.8 Å². The van der Waals surface area contributed by atoms with Gasteiger partial charge in [-0.15, -0.1) is 11.3 Å². The topological polar surface area (TPSA) is 59.1 Å². The molecular formula is C20H14Br2N2O2S2. The standard InChI is InChI=1S/C20H14Br2N2O2S2/c1-12-10-16(24-28(25,26)15-8-3-2-4-9-15)18-17(19(22)27-20(18)23-12)13-6-5-7-14(21)11-13/h2-11H,1H3,(H,23,24). The number of hydrogen-bond donors (Lipinski definition) is 1. The van der Waals surface area contributed by atoms with Crippen LogP contribution in [0.15, 0.2) is 73.8 Å². The van der Waals surface area contributed by atoms with Crippen molar-refractivity contribution in [1.29, 1.82) is 0 Å². The molecule has 0 radical (unpaired) electrons. The number of thiophene rings is 1. The largest absolute Gasteiger partial charge is 0.279 e. The molecule has 0 saturated carbocycles. The van der Waals surface area contributed by atoms with Gasteiger partial charge in [0.1, 0.15) is 4.83 Å². The Balaban J connectivity index is 1.94. The van der Waals surface area contributed by atoms with Crippen LogP contribution >= 0.6 is 43.2 Å². The van der Waals surface area contributed by atoms with Gasteiger partial charge in [-0.1, -0.05) is 46.3 Å². The van der Waals surface area contributed by atoms with Crippen molar-refractivity contribution in [2.24, 2.45) is 0 Å². The molecule has 2 heterocycles. The fourth-order valence-corrected chi connectivity index (χ4v) is 6.35. The van der Waals surface area contributed by atoms with Gasteiger partial charge >= 0.3 is 0 Å². The summed E-state index contributed by atoms with van der Waals surface area (Å²) >= 11 is 8.63. The Morgan fingerprint density at radius 1 is 1.00 bits per heavy atom. The number of benzene rings is 2. The monoisotopic (exact) mass is 536 g/mol. The molecule has 2 aromatic heterocycles. The molecular weight excluding hydrogens is 524 g/mol. The van der Waals surface area contributed by atoms with E-state index in [2.05, 4.69) is 41.6 Å². The third-order valence-electron chi connectivity index (χ3n) is 4.16. The number of anilines is 1. The summed E-state index contributed by atoms with van der Waals surface area (Å²) in [5.74, 6) is 0. The molecule has 1 N–H and O–H groups in total. The summed E-state index contributed by atoms with van der Waals surface area (Å²) in [5.41, 5.74) is 3.15. The van der Waals surface area contributed by atoms with Crippen LogP contribution < -0.4 is 4.72 Å². The highest BCUT2D eigenvalue weighted by atomic mass is 79.9. The average Bonchev–Trinajstić information content (AvgIpc) is 2.98. The molecule has 0 aliphatic heterocycles. The number of nitrogens with one attached hydrogen (secondary N) is 1. The molecule has 0 unspecified atom stereocenters. The van der Waals surface area contributed by atoms with Gasteiger partial charge in [0, 0.05) is 21.1 Å². The molecule has 4 nitrogen and oxygen atoms in total. The maximum atomic E-state index is 12.9. The smallest absolute Gasteiger partial charge is 0.261 e. The van der Waals surface area contributed by atoms with Crippen LogP contribution in [-0.2, 0) is 10.0 Å². The molecule has 0 aliphatic rings. The predicted molar refractivity (Wildman–Crippen MR) is 122 cm³/mol. The summed E-state index contributed by atoms with van der Waals surface area (Å²) in [7, 11) is -3.72. The number of fused-ring (bicyclic) bond motifs is 1. The van der Waals surface area contributed by atoms with Crippen molar-refractivity contribution < 1.29 is 8.42 Å². The zero-order chi connectivity index (χ0) is 19.9. The fraction of sp³-hybridized carbons (Fsp3) is 0.0500. The highest BCUT2D eigenvalue weighted by molar-refractivity contribution is 9.11. The fourth-order valence-electron chi connectivity index (χ4n) is 2.98. The van der Waals surface area contributed by atoms with Gasteiger partial charge in [0.25, 0.3) is 10.0 Å². The van der Waals surface area contributed by atoms with E-state index in [0.717, 1.165) is 35.3 Å². The van der Waals surface area contributed by atoms with Crippen LogP contribution in [0.3, 0.4) is 0 Å². The Morgan fingerprint density at radius 3 is 2.46 bits per heavy atom. The number of halogens is 2. The van der Waals surface area contributed by atoms with Gasteiger partial charge in [-0.25, -0.2) is 13.4 Å². The van der Waals surface area contributed by atoms with E-state index in [0.29, 0.717) is 5.69 Å². The van der Waals surface area contributed by atoms with Crippen molar-refractivity contribution >= 4 is 69.1 Å². The zero-order valence-electron chi connectivity index (χ0n) is 14.6. The normalized spacial score (nSPS) is 11.7. The second-order valence-electron chi connectivity index (χ2n) is 6.17. The maximum absolute atomic E-state index is 12.9. The minimum atomic E-state index is -3.72. The van der Waals surface area contributed by atoms with E-state index in [1.54, 1.807) is 36.4 Å². The summed E-state index contributed by atoms with van der Waals surface area (Å²) in [6.07, 6.45) is 0. The third-order valence-corrected chi connectivity index (χ3v) is 7.79. The lowest BCUT2D eigenvalue weighted by atomic mass is 10.0. The quantitative estimate of drug-likeness (QED) is 0.319. The molecule has 0 amide bonds. The number of sulfonamides is 1. The summed E-state index contributed by atoms with van der Waals surface area (Å²) in [6.45, 7) is 1.85. The SMILES string of the molecule is Cc1cc(NS(=O)(=O)c2ccccc2)c2c(-c3cccc(Br)c3)c(Br)sc2n1. The van der Waals surface area contributed by atoms with Gasteiger partial charge in [-0.3, -0.25) is 4.72 Å². The van der Waals surface area contributed by atoms with Crippen LogP contribution in [0.4, 0.5) is 5.69 Å². The first-order valence-electron chi connectivity index (χ1n) is 8.28. The Labute approximate surface area is 183 Å². The minimum Gasteiger partial charge on any atom is -0.279 e. The summed E-state index contributed by atoms with van der Waals surface area (Å²) in [4.78, 5) is 5.60. The van der Waals surface area contributed by atoms with Crippen molar-refractivity contribution in [3.63, 3.8) is 0 Å². The van der Waals surface area contributed by atoms with E-state index in [9.17, 15) is 8.42 Å². The van der Waals surface area contributed by atoms with Crippen molar-refractivity contribution in [3.05, 3.63) is 74.6 Å². The molecule has 4 rings (SSSR count). The minimum absolute atomic E-state index is 0.218. The molecule has 142 valence electrons. The van der Waals surface area contributed by atoms with Crippen LogP contribution in [0, 0.1) is 6.92 Å². The van der Waals surface area contributed by atoms with E-state index in [1.807, 2.05) is 31.2 Å². The first-order valence-corrected chi connectivity index (χ1v) is 12.2. The molecule has 0 aliphatic carbocycles. The number of aryl methyl sites for hydroxylation is 1. The third kappa shape index (κ3) is 3.74. The Morgan fingerprint density at radius 2 is 1.75 bits per heavy atom. The van der Waals surface area contributed by atoms with Gasteiger partial charge in [0.05, 0.1) is 14.4 Å². The van der Waals surface area contributed by atoms with Gasteiger partial charge in [0.2, 0.25) is 0 Å². The lowest BCUT2D eigenvalue weighted by molar-refractivity contribution is 0.601. The molecule has 4 aromatic rings. The molecule has 0 spiro atoms. The van der Waals surface area contributed by atoms with Crippen LogP contribution in [0.1, 0.15) is 5.69 Å². The predicted octanol–water partition coefficient (Wildman–Crippen LogP) is 6.60. The van der Waals surface area contributed by atoms with Crippen LogP contribution in [0.25, 0.3) is 21.3 Å². The summed E-state index contributed by atoms with van der Waals surface area (Å²) in [5, 5.41) is 0.778. The zero-order valence-corrected chi connectivity index (χ0v) is 19.4. The van der Waals surface area contributed by atoms with E-state index in [1.165, 1.54) is 11.3 Å². The molecule has 2 aromatic carbocycles. The van der Waals surface area contributed by atoms with Crippen LogP contribution in [0.2, 0.25) is 0 Å². The lowest BCUT2D eigenvalue weighted by Gasteiger charge is -2.12. The number of rotatable bonds is 4. The van der Waals surface area contributed by atoms with Crippen molar-refractivity contribution in [1.82, 2.24) is 4.98 Å². The van der Waals surface area contributed by atoms with Crippen molar-refractivity contribution in [2.75, 3.05) is 4.72 Å². The summed E-state index contributed by atoms with van der Waals surface area (Å²) in [6, 6.07) is 18.0. The molecule has 8 heteroatoms. The molecule has 0 fully saturated rings. The Hall–Kier alpha value is -1.74. The first-order chi connectivity index (χ1) is 13.3. The number of nitrogens with zero attached hydrogens (tertiary/aromatic N) is 1. The molecule has 0 bridgehead atoms. The van der Waals surface area contributed by atoms with E-state index >= 15 is 0 Å². The van der Waals surface area contributed by atoms with Gasteiger partial charge in [-0.05, 0) is 58.7 Å². The van der Waals surface area contributed by atoms with E-state index in [-0.39, 0.29) is 4.90 Å². The van der Waals surface area contributed by atoms with Gasteiger partial charge in [-0.2, -0.15) is 0 Å². The Bertz CT molecular complexity index is 1290. The second-order valence-corrected chi connectivity index (χ2v) is 11.1. The van der Waals surface area contributed by atoms with E-state index < -0.39 is 10.0 Å². The molecule has 28 heavy (non-hydrogen) atoms. The van der Waals surface area contributed by atoms with Crippen LogP contribution in [-0.4, -0.2) is 13.4 Å². The van der Waals surface area contributed by atoms with Gasteiger partial charge in [0.15, 0.2) is 0 Å². The maximum Gasteiger partial charge on any atom is 0.261 e. The number of hydrogen-bond acceptors (Lipinski definition) is 4. The molecule has 0 saturated heterocycles. The second kappa shape index (κ2) is 7.59. The number of pyridine rings is 1. The highest BCUT2D eigenvalue weighted by Crippen LogP contribution is 2.45. The van der Waals surface area contributed by atoms with Crippen molar-refractivity contribution in [3.8, 4) is 11.1 Å². The van der Waals surface area contributed by atoms with E-state index in [4.69, 9.17) is 0 Å². The Kier molecular flexibility index (Phi) is 5.30. The average molecular weight is 538 g/mol.